The lowest BCUT2D eigenvalue weighted by Gasteiger charge is -2.02. The molecule has 45 heavy (non-hydrogen) atoms. The first-order valence-electron chi connectivity index (χ1n) is 17.0. The van der Waals surface area contributed by atoms with E-state index in [1.807, 2.05) is 69.2 Å². The van der Waals surface area contributed by atoms with Crippen LogP contribution in [0.25, 0.3) is 0 Å². The van der Waals surface area contributed by atoms with Crippen molar-refractivity contribution < 1.29 is 24.0 Å². The Morgan fingerprint density at radius 3 is 0.822 bits per heavy atom. The van der Waals surface area contributed by atoms with E-state index in [1.54, 1.807) is 0 Å². The van der Waals surface area contributed by atoms with Gasteiger partial charge in [0, 0.05) is 55.3 Å². The van der Waals surface area contributed by atoms with Gasteiger partial charge in [-0.1, -0.05) is 75.7 Å². The number of ketones is 5. The molecule has 0 fully saturated rings. The molecule has 0 atom stereocenters. The molecule has 0 spiro atoms. The molecule has 0 heterocycles. The molecule has 0 aliphatic heterocycles. The summed E-state index contributed by atoms with van der Waals surface area (Å²) in [6, 6.07) is 0. The summed E-state index contributed by atoms with van der Waals surface area (Å²) in [5.74, 6) is 2.26. The van der Waals surface area contributed by atoms with Gasteiger partial charge < -0.3 is 28.7 Å². The highest BCUT2D eigenvalue weighted by atomic mass is 16.1. The van der Waals surface area contributed by atoms with Crippen LogP contribution in [0, 0.1) is 29.6 Å². The van der Waals surface area contributed by atoms with Gasteiger partial charge in [-0.25, -0.2) is 0 Å². The van der Waals surface area contributed by atoms with Crippen LogP contribution in [0.1, 0.15) is 133 Å². The first-order valence-corrected chi connectivity index (χ1v) is 17.0. The Labute approximate surface area is 277 Å². The van der Waals surface area contributed by atoms with Crippen LogP contribution < -0.4 is 28.7 Å². The van der Waals surface area contributed by atoms with Crippen LogP contribution in [-0.4, -0.2) is 61.6 Å². The van der Waals surface area contributed by atoms with E-state index in [1.165, 1.54) is 0 Å². The van der Waals surface area contributed by atoms with Gasteiger partial charge in [-0.3, -0.25) is 24.0 Å². The van der Waals surface area contributed by atoms with Crippen molar-refractivity contribution in [1.29, 1.82) is 0 Å². The van der Waals surface area contributed by atoms with Crippen molar-refractivity contribution in [2.24, 2.45) is 58.3 Å². The summed E-state index contributed by atoms with van der Waals surface area (Å²) < 4.78 is 0. The summed E-state index contributed by atoms with van der Waals surface area (Å²) in [6.07, 6.45) is 8.51. The summed E-state index contributed by atoms with van der Waals surface area (Å²) >= 11 is 0. The van der Waals surface area contributed by atoms with Crippen molar-refractivity contribution >= 4 is 28.9 Å². The Bertz CT molecular complexity index is 723. The van der Waals surface area contributed by atoms with E-state index in [9.17, 15) is 24.0 Å². The molecule has 0 aromatic heterocycles. The van der Waals surface area contributed by atoms with Crippen LogP contribution in [0.2, 0.25) is 0 Å². The van der Waals surface area contributed by atoms with Crippen molar-refractivity contribution in [2.75, 3.05) is 32.7 Å². The average molecular weight is 646 g/mol. The third-order valence-electron chi connectivity index (χ3n) is 6.44. The fourth-order valence-corrected chi connectivity index (χ4v) is 2.87. The predicted molar refractivity (Wildman–Crippen MR) is 191 cm³/mol. The van der Waals surface area contributed by atoms with Gasteiger partial charge in [0.2, 0.25) is 0 Å². The minimum absolute atomic E-state index is 0.102. The first-order chi connectivity index (χ1) is 20.9. The summed E-state index contributed by atoms with van der Waals surface area (Å²) in [7, 11) is 0. The van der Waals surface area contributed by atoms with Gasteiger partial charge in [-0.2, -0.15) is 0 Å². The molecule has 0 amide bonds. The highest BCUT2D eigenvalue weighted by Crippen LogP contribution is 2.05. The van der Waals surface area contributed by atoms with Gasteiger partial charge >= 0.3 is 0 Å². The molecule has 270 valence electrons. The van der Waals surface area contributed by atoms with Gasteiger partial charge in [-0.05, 0) is 58.3 Å². The van der Waals surface area contributed by atoms with Crippen LogP contribution in [0.4, 0.5) is 0 Å². The maximum Gasteiger partial charge on any atom is 0.148 e. The number of rotatable bonds is 20. The Balaban J connectivity index is -0.000000149. The fourth-order valence-electron chi connectivity index (χ4n) is 2.87. The van der Waals surface area contributed by atoms with Crippen LogP contribution in [0.15, 0.2) is 0 Å². The quantitative estimate of drug-likeness (QED) is 0.114. The zero-order valence-corrected chi connectivity index (χ0v) is 30.9. The lowest BCUT2D eigenvalue weighted by Crippen LogP contribution is -2.18. The van der Waals surface area contributed by atoms with Crippen molar-refractivity contribution in [3.63, 3.8) is 0 Å². The fraction of sp³-hybridized carbons (Fsp3) is 0.857. The zero-order chi connectivity index (χ0) is 36.4. The second kappa shape index (κ2) is 38.3. The maximum absolute atomic E-state index is 11.1. The molecule has 0 aromatic rings. The summed E-state index contributed by atoms with van der Waals surface area (Å²) in [5, 5.41) is 0. The minimum Gasteiger partial charge on any atom is -0.330 e. The topological polar surface area (TPSA) is 215 Å². The highest BCUT2D eigenvalue weighted by molar-refractivity contribution is 5.82. The Morgan fingerprint density at radius 1 is 0.333 bits per heavy atom. The Kier molecular flexibility index (Phi) is 44.9. The number of carbonyl (C=O) groups is 5. The van der Waals surface area contributed by atoms with E-state index in [-0.39, 0.29) is 47.7 Å². The number of hydrogen-bond acceptors (Lipinski definition) is 10. The van der Waals surface area contributed by atoms with E-state index in [2.05, 4.69) is 0 Å². The number of unbranched alkanes of at least 4 members (excludes halogenated alkanes) is 3. The van der Waals surface area contributed by atoms with Gasteiger partial charge in [0.05, 0.1) is 6.54 Å². The van der Waals surface area contributed by atoms with Crippen molar-refractivity contribution in [3.8, 4) is 0 Å². The molecular weight excluding hydrogens is 570 g/mol. The monoisotopic (exact) mass is 646 g/mol. The first kappa shape index (κ1) is 52.7. The second-order valence-corrected chi connectivity index (χ2v) is 12.6. The molecule has 10 heteroatoms. The zero-order valence-electron chi connectivity index (χ0n) is 30.9. The van der Waals surface area contributed by atoms with Gasteiger partial charge in [0.25, 0.3) is 0 Å². The lowest BCUT2D eigenvalue weighted by molar-refractivity contribution is -0.122. The Hall–Kier alpha value is -1.85. The van der Waals surface area contributed by atoms with E-state index in [0.717, 1.165) is 51.5 Å². The van der Waals surface area contributed by atoms with Crippen LogP contribution in [0.3, 0.4) is 0 Å². The number of nitrogens with two attached hydrogens (primary N) is 5. The largest absolute Gasteiger partial charge is 0.330 e. The SMILES string of the molecule is CC(C)C(=O)CCCCCN.CC(C)C(=O)CCCCN.CC(C)C(=O)CCCN.CC(C)C(=O)CCN.CC(C)C(=O)CN. The molecule has 0 radical (unpaired) electrons. The molecular formula is C35H75N5O5. The highest BCUT2D eigenvalue weighted by Gasteiger charge is 2.07. The Morgan fingerprint density at radius 2 is 0.600 bits per heavy atom. The summed E-state index contributed by atoms with van der Waals surface area (Å²) in [4.78, 5) is 53.9. The molecule has 10 N–H and O–H groups in total. The minimum atomic E-state index is 0.102. The second-order valence-electron chi connectivity index (χ2n) is 12.6. The smallest absolute Gasteiger partial charge is 0.148 e. The molecule has 0 unspecified atom stereocenters. The summed E-state index contributed by atoms with van der Waals surface area (Å²) in [5.41, 5.74) is 26.0. The molecule has 0 aliphatic carbocycles. The van der Waals surface area contributed by atoms with E-state index in [4.69, 9.17) is 28.7 Å². The average Bonchev–Trinajstić information content (AvgIpc) is 2.98. The lowest BCUT2D eigenvalue weighted by atomic mass is 10.0. The molecule has 0 saturated carbocycles. The maximum atomic E-state index is 11.1. The van der Waals surface area contributed by atoms with Gasteiger partial charge in [-0.15, -0.1) is 0 Å². The normalized spacial score (nSPS) is 10.2. The van der Waals surface area contributed by atoms with Crippen LogP contribution >= 0.6 is 0 Å². The molecule has 0 aromatic carbocycles. The third-order valence-corrected chi connectivity index (χ3v) is 6.44. The number of carbonyl (C=O) groups excluding carboxylic acids is 5. The number of Topliss-reactive ketones (excluding diaryl/α,β-unsaturated/α-hetero) is 5. The molecule has 10 nitrogen and oxygen atoms in total. The van der Waals surface area contributed by atoms with Crippen molar-refractivity contribution in [3.05, 3.63) is 0 Å². The van der Waals surface area contributed by atoms with Crippen LogP contribution in [0.5, 0.6) is 0 Å². The van der Waals surface area contributed by atoms with Gasteiger partial charge in [0.15, 0.2) is 0 Å². The van der Waals surface area contributed by atoms with E-state index >= 15 is 0 Å². The molecule has 0 aliphatic rings. The predicted octanol–water partition coefficient (Wildman–Crippen LogP) is 4.75. The van der Waals surface area contributed by atoms with Crippen molar-refractivity contribution in [2.45, 2.75) is 133 Å². The van der Waals surface area contributed by atoms with Gasteiger partial charge in [0.1, 0.15) is 28.9 Å². The van der Waals surface area contributed by atoms with E-state index in [0.29, 0.717) is 56.2 Å². The third kappa shape index (κ3) is 46.7. The molecule has 0 bridgehead atoms. The number of hydrogen-bond donors (Lipinski definition) is 5. The van der Waals surface area contributed by atoms with Crippen LogP contribution in [-0.2, 0) is 24.0 Å². The van der Waals surface area contributed by atoms with E-state index < -0.39 is 0 Å². The molecule has 0 saturated heterocycles. The summed E-state index contributed by atoms with van der Waals surface area (Å²) in [6.45, 7) is 21.8. The molecule has 0 rings (SSSR count). The van der Waals surface area contributed by atoms with Crippen molar-refractivity contribution in [1.82, 2.24) is 0 Å². The standard InChI is InChI=1S/C9H19NO.C8H17NO.C7H15NO.C6H13NO.C5H11NO/c1-8(2)9(11)6-4-3-5-7-10;1-7(2)8(10)5-3-4-6-9;1-6(2)7(9)4-3-5-8;1-5(2)6(8)3-4-7;1-4(2)5(7)3-6/h8H,3-7,10H2,1-2H3;7H,3-6,9H2,1-2H3;6H,3-5,8H2,1-2H3;5H,3-4,7H2,1-2H3;4H,3,6H2,1-2H3.